The Bertz CT molecular complexity index is 1820. The van der Waals surface area contributed by atoms with Crippen LogP contribution < -0.4 is 21.5 Å². The number of nitrogens with one attached hydrogen (secondary N) is 1. The van der Waals surface area contributed by atoms with E-state index in [1.54, 1.807) is 36.4 Å². The van der Waals surface area contributed by atoms with Crippen LogP contribution in [0.2, 0.25) is 5.02 Å². The van der Waals surface area contributed by atoms with E-state index in [1.807, 2.05) is 0 Å². The van der Waals surface area contributed by atoms with Crippen LogP contribution in [-0.4, -0.2) is 75.0 Å². The lowest BCUT2D eigenvalue weighted by Gasteiger charge is -2.19. The third-order valence-corrected chi connectivity index (χ3v) is 8.06. The van der Waals surface area contributed by atoms with Crippen LogP contribution in [0.15, 0.2) is 66.9 Å². The number of ketones is 1. The Morgan fingerprint density at radius 2 is 1.49 bits per heavy atom. The van der Waals surface area contributed by atoms with Crippen molar-refractivity contribution in [2.24, 2.45) is 18.5 Å². The zero-order chi connectivity index (χ0) is 36.9. The number of hydrogen-bond acceptors (Lipinski definition) is 8. The number of carbonyl (C=O) groups excluding carboxylic acids is 3. The van der Waals surface area contributed by atoms with Crippen molar-refractivity contribution in [1.29, 1.82) is 0 Å². The highest BCUT2D eigenvalue weighted by Gasteiger charge is 2.31. The number of amides is 2. The molecule has 0 unspecified atom stereocenters. The van der Waals surface area contributed by atoms with Gasteiger partial charge in [0.25, 0.3) is 5.91 Å². The van der Waals surface area contributed by atoms with Crippen molar-refractivity contribution in [2.75, 3.05) is 52.8 Å². The minimum absolute atomic E-state index is 0.0582. The first kappa shape index (κ1) is 39.1. The molecule has 0 saturated heterocycles. The van der Waals surface area contributed by atoms with E-state index in [0.717, 1.165) is 12.1 Å². The summed E-state index contributed by atoms with van der Waals surface area (Å²) in [6.45, 7) is 4.56. The van der Waals surface area contributed by atoms with Crippen molar-refractivity contribution in [3.8, 4) is 16.9 Å². The van der Waals surface area contributed by atoms with Crippen LogP contribution in [0.3, 0.4) is 0 Å². The molecule has 2 amide bonds. The highest BCUT2D eigenvalue weighted by molar-refractivity contribution is 6.30. The molecule has 0 aliphatic rings. The van der Waals surface area contributed by atoms with Gasteiger partial charge in [0.05, 0.1) is 63.4 Å². The summed E-state index contributed by atoms with van der Waals surface area (Å²) >= 11 is 6.16. The summed E-state index contributed by atoms with van der Waals surface area (Å²) in [6, 6.07) is 13.8. The van der Waals surface area contributed by atoms with Crippen LogP contribution in [0.1, 0.15) is 50.0 Å². The number of nitrogens with two attached hydrogens (primary N) is 2. The largest absolute Gasteiger partial charge is 0.491 e. The summed E-state index contributed by atoms with van der Waals surface area (Å²) in [5, 5.41) is 3.13. The van der Waals surface area contributed by atoms with Crippen molar-refractivity contribution in [3.63, 3.8) is 0 Å². The summed E-state index contributed by atoms with van der Waals surface area (Å²) < 4.78 is 53.7. The molecule has 0 fully saturated rings. The Balaban J connectivity index is 1.54. The number of aryl methyl sites for hydroxylation is 1. The van der Waals surface area contributed by atoms with Crippen LogP contribution in [0.4, 0.5) is 8.78 Å². The van der Waals surface area contributed by atoms with Crippen molar-refractivity contribution in [1.82, 2.24) is 9.88 Å². The number of ether oxygens (including phenoxy) is 4. The molecule has 4 aromatic rings. The molecule has 1 atom stereocenters. The molecule has 0 spiro atoms. The summed E-state index contributed by atoms with van der Waals surface area (Å²) in [4.78, 5) is 40.0. The zero-order valence-electron chi connectivity index (χ0n) is 28.4. The molecule has 3 aromatic carbocycles. The number of primary amides is 1. The van der Waals surface area contributed by atoms with Crippen molar-refractivity contribution in [2.45, 2.75) is 19.4 Å². The van der Waals surface area contributed by atoms with E-state index in [1.165, 1.54) is 36.9 Å². The number of hydrogen-bond donors (Lipinski definition) is 3. The normalized spacial score (nSPS) is 11.7. The first-order valence-electron chi connectivity index (χ1n) is 16.2. The van der Waals surface area contributed by atoms with E-state index in [0.29, 0.717) is 62.5 Å². The van der Waals surface area contributed by atoms with Crippen LogP contribution in [0.25, 0.3) is 11.1 Å². The Labute approximate surface area is 299 Å². The molecular weight excluding hydrogens is 686 g/mol. The highest BCUT2D eigenvalue weighted by atomic mass is 35.5. The summed E-state index contributed by atoms with van der Waals surface area (Å²) in [5.41, 5.74) is 10.9. The number of nitrogens with zero attached hydrogens (tertiary/aromatic N) is 1. The number of carbonyl (C=O) groups is 3. The average molecular weight is 727 g/mol. The lowest BCUT2D eigenvalue weighted by Crippen LogP contribution is -2.32. The third kappa shape index (κ3) is 10.7. The second kappa shape index (κ2) is 19.1. The molecule has 0 aliphatic heterocycles. The maximum Gasteiger partial charge on any atom is 0.253 e. The van der Waals surface area contributed by atoms with Gasteiger partial charge in [-0.15, -0.1) is 0 Å². The Kier molecular flexibility index (Phi) is 14.6. The van der Waals surface area contributed by atoms with Crippen molar-refractivity contribution in [3.05, 3.63) is 111 Å². The molecule has 11 nitrogen and oxygen atoms in total. The fourth-order valence-electron chi connectivity index (χ4n) is 5.38. The predicted molar refractivity (Wildman–Crippen MR) is 188 cm³/mol. The predicted octanol–water partition coefficient (Wildman–Crippen LogP) is 4.90. The van der Waals surface area contributed by atoms with Crippen LogP contribution >= 0.6 is 11.6 Å². The third-order valence-electron chi connectivity index (χ3n) is 7.82. The molecule has 51 heavy (non-hydrogen) atoms. The first-order valence-corrected chi connectivity index (χ1v) is 16.6. The molecule has 0 bridgehead atoms. The minimum atomic E-state index is -0.905. The molecule has 1 aromatic heterocycles. The van der Waals surface area contributed by atoms with Gasteiger partial charge in [0.15, 0.2) is 0 Å². The van der Waals surface area contributed by atoms with E-state index in [-0.39, 0.29) is 46.5 Å². The molecule has 0 saturated carbocycles. The van der Waals surface area contributed by atoms with E-state index < -0.39 is 35.3 Å². The van der Waals surface area contributed by atoms with Crippen molar-refractivity contribution < 1.29 is 42.1 Å². The molecule has 0 radical (unpaired) electrons. The number of halogens is 3. The van der Waals surface area contributed by atoms with Gasteiger partial charge in [0, 0.05) is 41.5 Å². The maximum atomic E-state index is 15.6. The van der Waals surface area contributed by atoms with Gasteiger partial charge in [-0.05, 0) is 66.6 Å². The van der Waals surface area contributed by atoms with Gasteiger partial charge < -0.3 is 40.3 Å². The van der Waals surface area contributed by atoms with Gasteiger partial charge >= 0.3 is 0 Å². The summed E-state index contributed by atoms with van der Waals surface area (Å²) in [6.07, 6.45) is 1.09. The second-order valence-electron chi connectivity index (χ2n) is 11.5. The van der Waals surface area contributed by atoms with Gasteiger partial charge in [0.2, 0.25) is 11.7 Å². The van der Waals surface area contributed by atoms with Gasteiger partial charge in [-0.1, -0.05) is 23.7 Å². The summed E-state index contributed by atoms with van der Waals surface area (Å²) in [7, 11) is 1.52. The number of rotatable bonds is 20. The highest BCUT2D eigenvalue weighted by Crippen LogP contribution is 2.37. The van der Waals surface area contributed by atoms with Gasteiger partial charge in [-0.2, -0.15) is 0 Å². The first-order chi connectivity index (χ1) is 24.5. The van der Waals surface area contributed by atoms with E-state index >= 15 is 4.39 Å². The van der Waals surface area contributed by atoms with Crippen LogP contribution in [-0.2, 0) is 26.1 Å². The Hall–Kier alpha value is -4.66. The second-order valence-corrected chi connectivity index (χ2v) is 11.9. The van der Waals surface area contributed by atoms with Gasteiger partial charge in [-0.25, -0.2) is 8.78 Å². The van der Waals surface area contributed by atoms with E-state index in [9.17, 15) is 18.8 Å². The molecule has 5 N–H and O–H groups in total. The Morgan fingerprint density at radius 1 is 0.863 bits per heavy atom. The fraction of sp³-hybridized carbons (Fsp3) is 0.324. The maximum absolute atomic E-state index is 15.6. The lowest BCUT2D eigenvalue weighted by atomic mass is 9.92. The zero-order valence-corrected chi connectivity index (χ0v) is 29.1. The number of benzene rings is 3. The van der Waals surface area contributed by atoms with Crippen LogP contribution in [0, 0.1) is 18.6 Å². The summed E-state index contributed by atoms with van der Waals surface area (Å²) in [5.74, 6) is -3.08. The molecule has 0 aliphatic carbocycles. The van der Waals surface area contributed by atoms with Crippen molar-refractivity contribution >= 4 is 29.2 Å². The van der Waals surface area contributed by atoms with E-state index in [2.05, 4.69) is 5.32 Å². The SMILES string of the molecule is Cc1c(F)ccc(F)c1-c1c(C(=O)N[C@@H](CC(N)=O)c2cccc(Cl)c2)cn(C)c1C(=O)c1ccc(OCCOCCOCCOCCN)cc1. The average Bonchev–Trinajstić information content (AvgIpc) is 3.44. The minimum Gasteiger partial charge on any atom is -0.491 e. The smallest absolute Gasteiger partial charge is 0.253 e. The lowest BCUT2D eigenvalue weighted by molar-refractivity contribution is -0.118. The van der Waals surface area contributed by atoms with Crippen LogP contribution in [0.5, 0.6) is 5.75 Å². The Morgan fingerprint density at radius 3 is 2.12 bits per heavy atom. The molecule has 4 rings (SSSR count). The molecule has 272 valence electrons. The monoisotopic (exact) mass is 726 g/mol. The molecular formula is C37H41ClF2N4O7. The standard InChI is InChI=1S/C37H41ClF2N4O7/c1-23-29(39)10-11-30(40)33(23)34-28(37(47)43-31(21-32(42)45)25-4-3-5-26(38)20-25)22-44(2)35(34)36(46)24-6-8-27(9-7-24)51-19-18-50-17-16-49-15-14-48-13-12-41/h3-11,20,22,31H,12-19,21,41H2,1-2H3,(H2,42,45)(H,43,47)/t31-/m0/s1. The van der Waals surface area contributed by atoms with Gasteiger partial charge in [0.1, 0.15) is 24.0 Å². The number of aromatic nitrogens is 1. The topological polar surface area (TPSA) is 157 Å². The quantitative estimate of drug-likeness (QED) is 0.0858. The fourth-order valence-corrected chi connectivity index (χ4v) is 5.58. The molecule has 1 heterocycles. The molecule has 14 heteroatoms. The van der Waals surface area contributed by atoms with E-state index in [4.69, 9.17) is 42.0 Å². The van der Waals surface area contributed by atoms with Gasteiger partial charge in [-0.3, -0.25) is 14.4 Å².